The molecular weight excluding hydrogens is 360 g/mol. The number of hydrogen-bond acceptors (Lipinski definition) is 5. The fourth-order valence-electron chi connectivity index (χ4n) is 3.14. The third-order valence-corrected chi connectivity index (χ3v) is 6.19. The van der Waals surface area contributed by atoms with Gasteiger partial charge < -0.3 is 14.7 Å². The Kier molecular flexibility index (Phi) is 5.31. The van der Waals surface area contributed by atoms with E-state index < -0.39 is 22.0 Å². The molecule has 26 heavy (non-hydrogen) atoms. The number of carboxylic acids is 1. The number of ether oxygens (including phenoxy) is 1. The number of carbonyl (C=O) groups is 2. The van der Waals surface area contributed by atoms with E-state index in [1.165, 1.54) is 36.3 Å². The number of amides is 1. The Balaban J connectivity index is 1.82. The van der Waals surface area contributed by atoms with E-state index in [1.54, 1.807) is 0 Å². The number of sulfonamides is 1. The zero-order valence-electron chi connectivity index (χ0n) is 14.4. The van der Waals surface area contributed by atoms with Crippen molar-refractivity contribution in [3.05, 3.63) is 29.8 Å². The van der Waals surface area contributed by atoms with Gasteiger partial charge in [-0.3, -0.25) is 9.59 Å². The van der Waals surface area contributed by atoms with E-state index in [1.807, 2.05) is 0 Å². The number of hydrogen-bond donors (Lipinski definition) is 2. The van der Waals surface area contributed by atoms with E-state index in [0.717, 1.165) is 12.8 Å². The lowest BCUT2D eigenvalue weighted by Crippen LogP contribution is -2.37. The zero-order valence-corrected chi connectivity index (χ0v) is 15.2. The number of benzene rings is 1. The number of nitrogens with zero attached hydrogens (tertiary/aromatic N) is 1. The fourth-order valence-corrected chi connectivity index (χ4v) is 4.49. The smallest absolute Gasteiger partial charge is 0.305 e. The molecule has 2 fully saturated rings. The molecule has 2 atom stereocenters. The number of carboxylic acid groups (broad SMARTS) is 1. The Morgan fingerprint density at radius 1 is 1.35 bits per heavy atom. The van der Waals surface area contributed by atoms with Crippen molar-refractivity contribution in [3.8, 4) is 0 Å². The molecule has 0 spiro atoms. The highest BCUT2D eigenvalue weighted by Crippen LogP contribution is 2.26. The highest BCUT2D eigenvalue weighted by atomic mass is 32.2. The number of carbonyl (C=O) groups excluding carboxylic acids is 1. The topological polar surface area (TPSA) is 113 Å². The lowest BCUT2D eigenvalue weighted by atomic mass is 10.1. The summed E-state index contributed by atoms with van der Waals surface area (Å²) in [6.07, 6.45) is 1.68. The number of rotatable bonds is 7. The summed E-state index contributed by atoms with van der Waals surface area (Å²) in [5, 5.41) is 9.08. The van der Waals surface area contributed by atoms with Crippen molar-refractivity contribution in [2.75, 3.05) is 13.7 Å². The Morgan fingerprint density at radius 3 is 2.69 bits per heavy atom. The van der Waals surface area contributed by atoms with E-state index in [9.17, 15) is 18.0 Å². The molecule has 1 amide bonds. The van der Waals surface area contributed by atoms with Crippen molar-refractivity contribution in [3.63, 3.8) is 0 Å². The van der Waals surface area contributed by atoms with Gasteiger partial charge in [-0.15, -0.1) is 0 Å². The third-order valence-electron chi connectivity index (χ3n) is 4.67. The van der Waals surface area contributed by atoms with Crippen LogP contribution in [-0.4, -0.2) is 62.1 Å². The average molecular weight is 382 g/mol. The quantitative estimate of drug-likeness (QED) is 0.722. The molecular formula is C17H22N2O6S. The van der Waals surface area contributed by atoms with Crippen LogP contribution >= 0.6 is 0 Å². The Bertz CT molecular complexity index is 805. The third kappa shape index (κ3) is 4.22. The normalized spacial score (nSPS) is 23.2. The number of aliphatic carboxylic acids is 1. The summed E-state index contributed by atoms with van der Waals surface area (Å²) in [5.74, 6) is -1.38. The summed E-state index contributed by atoms with van der Waals surface area (Å²) in [6.45, 7) is 0.282. The van der Waals surface area contributed by atoms with E-state index in [2.05, 4.69) is 4.72 Å². The molecule has 142 valence electrons. The van der Waals surface area contributed by atoms with Crippen LogP contribution < -0.4 is 4.72 Å². The Labute approximate surface area is 152 Å². The summed E-state index contributed by atoms with van der Waals surface area (Å²) < 4.78 is 32.6. The van der Waals surface area contributed by atoms with E-state index >= 15 is 0 Å². The summed E-state index contributed by atoms with van der Waals surface area (Å²) >= 11 is 0. The maximum atomic E-state index is 12.9. The second-order valence-electron chi connectivity index (χ2n) is 6.73. The first-order valence-corrected chi connectivity index (χ1v) is 9.96. The van der Waals surface area contributed by atoms with Crippen molar-refractivity contribution in [2.24, 2.45) is 0 Å². The summed E-state index contributed by atoms with van der Waals surface area (Å²) in [4.78, 5) is 25.5. The summed E-state index contributed by atoms with van der Waals surface area (Å²) in [5.41, 5.74) is 0.218. The maximum Gasteiger partial charge on any atom is 0.305 e. The van der Waals surface area contributed by atoms with Gasteiger partial charge in [0.05, 0.1) is 17.4 Å². The fraction of sp³-hybridized carbons (Fsp3) is 0.529. The second-order valence-corrected chi connectivity index (χ2v) is 8.44. The van der Waals surface area contributed by atoms with Gasteiger partial charge in [0.15, 0.2) is 0 Å². The predicted molar refractivity (Wildman–Crippen MR) is 92.3 cm³/mol. The van der Waals surface area contributed by atoms with Gasteiger partial charge in [0.1, 0.15) is 0 Å². The summed E-state index contributed by atoms with van der Waals surface area (Å²) in [7, 11) is -2.14. The molecule has 1 aromatic carbocycles. The van der Waals surface area contributed by atoms with E-state index in [-0.39, 0.29) is 41.5 Å². The van der Waals surface area contributed by atoms with Crippen LogP contribution in [0.4, 0.5) is 0 Å². The second kappa shape index (κ2) is 7.34. The standard InChI is InChI=1S/C17H22N2O6S/c1-25-14-8-13(9-16(20)21)19(10-14)17(22)11-3-2-4-15(7-11)26(23,24)18-12-5-6-12/h2-4,7,12-14,18H,5-6,8-10H2,1H3,(H,20,21). The van der Waals surface area contributed by atoms with Crippen LogP contribution in [0.15, 0.2) is 29.2 Å². The van der Waals surface area contributed by atoms with Crippen molar-refractivity contribution in [1.82, 2.24) is 9.62 Å². The highest BCUT2D eigenvalue weighted by molar-refractivity contribution is 7.89. The minimum atomic E-state index is -3.66. The van der Waals surface area contributed by atoms with Gasteiger partial charge in [-0.1, -0.05) is 6.07 Å². The van der Waals surface area contributed by atoms with E-state index in [0.29, 0.717) is 6.42 Å². The van der Waals surface area contributed by atoms with Crippen molar-refractivity contribution >= 4 is 21.9 Å². The maximum absolute atomic E-state index is 12.9. The molecule has 0 aromatic heterocycles. The molecule has 2 aliphatic rings. The lowest BCUT2D eigenvalue weighted by Gasteiger charge is -2.23. The lowest BCUT2D eigenvalue weighted by molar-refractivity contribution is -0.138. The van der Waals surface area contributed by atoms with Crippen molar-refractivity contribution in [1.29, 1.82) is 0 Å². The first-order valence-electron chi connectivity index (χ1n) is 8.48. The molecule has 2 N–H and O–H groups in total. The molecule has 1 aliphatic carbocycles. The predicted octanol–water partition coefficient (Wildman–Crippen LogP) is 0.831. The van der Waals surface area contributed by atoms with Crippen LogP contribution in [0.2, 0.25) is 0 Å². The zero-order chi connectivity index (χ0) is 18.9. The van der Waals surface area contributed by atoms with Crippen LogP contribution in [0.5, 0.6) is 0 Å². The van der Waals surface area contributed by atoms with Crippen LogP contribution in [0, 0.1) is 0 Å². The Morgan fingerprint density at radius 2 is 2.08 bits per heavy atom. The SMILES string of the molecule is COC1CC(CC(=O)O)N(C(=O)c2cccc(S(=O)(=O)NC3CC3)c2)C1. The largest absolute Gasteiger partial charge is 0.481 e. The average Bonchev–Trinajstić information content (AvgIpc) is 3.30. The molecule has 8 nitrogen and oxygen atoms in total. The molecule has 1 heterocycles. The first-order chi connectivity index (χ1) is 12.3. The van der Waals surface area contributed by atoms with Crippen molar-refractivity contribution in [2.45, 2.75) is 48.8 Å². The van der Waals surface area contributed by atoms with Gasteiger partial charge in [0, 0.05) is 31.3 Å². The minimum Gasteiger partial charge on any atom is -0.481 e. The molecule has 2 unspecified atom stereocenters. The Hall–Kier alpha value is -1.97. The molecule has 1 saturated heterocycles. The van der Waals surface area contributed by atoms with Crippen molar-refractivity contribution < 1.29 is 27.9 Å². The number of nitrogens with one attached hydrogen (secondary N) is 1. The monoisotopic (exact) mass is 382 g/mol. The first kappa shape index (κ1) is 18.8. The molecule has 0 radical (unpaired) electrons. The van der Waals surface area contributed by atoms with Gasteiger partial charge in [-0.2, -0.15) is 0 Å². The van der Waals surface area contributed by atoms with Crippen LogP contribution in [0.1, 0.15) is 36.0 Å². The summed E-state index contributed by atoms with van der Waals surface area (Å²) in [6, 6.07) is 5.33. The molecule has 0 bridgehead atoms. The molecule has 1 saturated carbocycles. The minimum absolute atomic E-state index is 0.0275. The van der Waals surface area contributed by atoms with Gasteiger partial charge in [0.25, 0.3) is 5.91 Å². The van der Waals surface area contributed by atoms with Gasteiger partial charge in [-0.05, 0) is 37.5 Å². The van der Waals surface area contributed by atoms with Gasteiger partial charge >= 0.3 is 5.97 Å². The van der Waals surface area contributed by atoms with Gasteiger partial charge in [-0.25, -0.2) is 13.1 Å². The molecule has 1 aromatic rings. The van der Waals surface area contributed by atoms with Crippen LogP contribution in [-0.2, 0) is 19.6 Å². The number of methoxy groups -OCH3 is 1. The van der Waals surface area contributed by atoms with Crippen LogP contribution in [0.25, 0.3) is 0 Å². The highest BCUT2D eigenvalue weighted by Gasteiger charge is 2.37. The number of likely N-dealkylation sites (tertiary alicyclic amines) is 1. The van der Waals surface area contributed by atoms with Gasteiger partial charge in [0.2, 0.25) is 10.0 Å². The molecule has 9 heteroatoms. The van der Waals surface area contributed by atoms with Crippen LogP contribution in [0.3, 0.4) is 0 Å². The molecule has 1 aliphatic heterocycles. The molecule has 3 rings (SSSR count). The van der Waals surface area contributed by atoms with E-state index in [4.69, 9.17) is 9.84 Å².